The van der Waals surface area contributed by atoms with E-state index < -0.39 is 18.0 Å². The number of halogens is 4. The Hall–Kier alpha value is -1.15. The third kappa shape index (κ3) is 3.66. The maximum atomic E-state index is 12.5. The molecule has 4 nitrogen and oxygen atoms in total. The lowest BCUT2D eigenvalue weighted by molar-refractivity contribution is -0.265. The van der Waals surface area contributed by atoms with Crippen molar-refractivity contribution >= 4 is 18.7 Å². The Bertz CT molecular complexity index is 441. The molecule has 0 aromatic heterocycles. The summed E-state index contributed by atoms with van der Waals surface area (Å²) in [7, 11) is 0.947. The van der Waals surface area contributed by atoms with Crippen molar-refractivity contribution in [1.82, 2.24) is 0 Å². The van der Waals surface area contributed by atoms with Gasteiger partial charge in [0.1, 0.15) is 6.29 Å². The van der Waals surface area contributed by atoms with Crippen molar-refractivity contribution in [3.8, 4) is 0 Å². The Morgan fingerprint density at radius 1 is 1.42 bits per heavy atom. The third-order valence-electron chi connectivity index (χ3n) is 2.53. The van der Waals surface area contributed by atoms with Crippen LogP contribution < -0.4 is 5.73 Å². The molecule has 0 radical (unpaired) electrons. The van der Waals surface area contributed by atoms with E-state index in [0.717, 1.165) is 13.2 Å². The summed E-state index contributed by atoms with van der Waals surface area (Å²) in [5.41, 5.74) is 3.00. The summed E-state index contributed by atoms with van der Waals surface area (Å²) in [6.07, 6.45) is -7.39. The van der Waals surface area contributed by atoms with Crippen molar-refractivity contribution in [1.29, 1.82) is 0 Å². The summed E-state index contributed by atoms with van der Waals surface area (Å²) in [6, 6.07) is 5.12. The van der Waals surface area contributed by atoms with Crippen molar-refractivity contribution in [2.45, 2.75) is 18.0 Å². The molecule has 0 heterocycles. The van der Waals surface area contributed by atoms with Gasteiger partial charge in [-0.3, -0.25) is 10.5 Å². The molecule has 0 bridgehead atoms. The molecule has 1 aromatic rings. The molecule has 0 saturated heterocycles. The summed E-state index contributed by atoms with van der Waals surface area (Å²) in [4.78, 5) is 10.6. The number of carbonyl (C=O) groups excluding carboxylic acids is 1. The lowest BCUT2D eigenvalue weighted by atomic mass is 9.95. The van der Waals surface area contributed by atoms with Gasteiger partial charge in [0, 0.05) is 18.2 Å². The number of hydrogen-bond donors (Lipinski definition) is 2. The second-order valence-corrected chi connectivity index (χ2v) is 3.68. The highest BCUT2D eigenvalue weighted by molar-refractivity contribution is 5.85. The smallest absolute Gasteiger partial charge is 0.380 e. The van der Waals surface area contributed by atoms with E-state index >= 15 is 0 Å². The molecule has 0 amide bonds. The number of rotatable bonds is 4. The van der Waals surface area contributed by atoms with Crippen molar-refractivity contribution in [3.63, 3.8) is 0 Å². The van der Waals surface area contributed by atoms with Gasteiger partial charge in [0.05, 0.1) is 0 Å². The zero-order valence-electron chi connectivity index (χ0n) is 9.85. The van der Waals surface area contributed by atoms with Crippen LogP contribution in [-0.4, -0.2) is 30.8 Å². The van der Waals surface area contributed by atoms with Gasteiger partial charge in [-0.15, -0.1) is 12.4 Å². The maximum Gasteiger partial charge on any atom is 0.418 e. The van der Waals surface area contributed by atoms with Crippen LogP contribution in [0.4, 0.5) is 13.2 Å². The number of nitrogens with two attached hydrogens (primary N) is 1. The summed E-state index contributed by atoms with van der Waals surface area (Å²) in [5.74, 6) is 0. The second kappa shape index (κ2) is 6.33. The first-order valence-electron chi connectivity index (χ1n) is 4.90. The van der Waals surface area contributed by atoms with Crippen LogP contribution in [0.1, 0.15) is 15.9 Å². The lowest BCUT2D eigenvalue weighted by Gasteiger charge is -2.34. The molecule has 3 N–H and O–H groups in total. The van der Waals surface area contributed by atoms with E-state index in [9.17, 15) is 23.1 Å². The molecular formula is C11H13ClF3NO3. The second-order valence-electron chi connectivity index (χ2n) is 3.68. The summed E-state index contributed by atoms with van der Waals surface area (Å²) < 4.78 is 42.2. The van der Waals surface area contributed by atoms with Gasteiger partial charge in [-0.1, -0.05) is 18.2 Å². The van der Waals surface area contributed by atoms with Crippen LogP contribution in [0.3, 0.4) is 0 Å². The van der Waals surface area contributed by atoms with Gasteiger partial charge in [-0.05, 0) is 6.07 Å². The molecule has 0 saturated carbocycles. The van der Waals surface area contributed by atoms with Crippen molar-refractivity contribution < 1.29 is 27.8 Å². The average Bonchev–Trinajstić information content (AvgIpc) is 2.36. The normalized spacial score (nSPS) is 16.1. The van der Waals surface area contributed by atoms with E-state index in [1.807, 2.05) is 0 Å². The number of hydrogen-bond acceptors (Lipinski definition) is 4. The Balaban J connectivity index is 0.00000324. The van der Waals surface area contributed by atoms with Crippen LogP contribution in [0, 0.1) is 0 Å². The van der Waals surface area contributed by atoms with Gasteiger partial charge in [-0.25, -0.2) is 0 Å². The molecule has 108 valence electrons. The minimum atomic E-state index is -4.94. The Kier molecular flexibility index (Phi) is 5.95. The molecule has 2 atom stereocenters. The van der Waals surface area contributed by atoms with Crippen LogP contribution in [0.2, 0.25) is 0 Å². The fourth-order valence-corrected chi connectivity index (χ4v) is 1.49. The monoisotopic (exact) mass is 299 g/mol. The first kappa shape index (κ1) is 17.8. The van der Waals surface area contributed by atoms with Crippen LogP contribution in [-0.2, 0) is 10.5 Å². The molecule has 0 spiro atoms. The van der Waals surface area contributed by atoms with E-state index in [1.54, 1.807) is 0 Å². The highest BCUT2D eigenvalue weighted by Gasteiger charge is 2.52. The van der Waals surface area contributed by atoms with Crippen LogP contribution in [0.15, 0.2) is 24.3 Å². The number of methoxy groups -OCH3 is 1. The number of aliphatic hydroxyl groups is 1. The minimum absolute atomic E-state index is 0. The minimum Gasteiger partial charge on any atom is -0.380 e. The van der Waals surface area contributed by atoms with Crippen molar-refractivity contribution in [2.24, 2.45) is 5.73 Å². The van der Waals surface area contributed by atoms with Crippen LogP contribution in [0.5, 0.6) is 0 Å². The largest absolute Gasteiger partial charge is 0.418 e. The van der Waals surface area contributed by atoms with Crippen LogP contribution >= 0.6 is 12.4 Å². The highest BCUT2D eigenvalue weighted by atomic mass is 35.5. The Morgan fingerprint density at radius 2 is 2.00 bits per heavy atom. The first-order chi connectivity index (χ1) is 8.25. The number of aldehydes is 1. The fourth-order valence-electron chi connectivity index (χ4n) is 1.49. The molecule has 0 aliphatic heterocycles. The number of ether oxygens (including phenoxy) is 1. The zero-order valence-corrected chi connectivity index (χ0v) is 10.7. The maximum absolute atomic E-state index is 12.5. The van der Waals surface area contributed by atoms with E-state index in [-0.39, 0.29) is 23.5 Å². The number of aliphatic hydroxyl groups excluding tert-OH is 1. The van der Waals surface area contributed by atoms with E-state index in [4.69, 9.17) is 5.73 Å². The van der Waals surface area contributed by atoms with Crippen molar-refractivity contribution in [2.75, 3.05) is 7.11 Å². The SMILES string of the molecule is CO[C@@](N)(c1cccc(C=O)c1)[C@@H](O)C(F)(F)F.Cl. The highest BCUT2D eigenvalue weighted by Crippen LogP contribution is 2.34. The topological polar surface area (TPSA) is 72.5 Å². The predicted molar refractivity (Wildman–Crippen MR) is 64.0 cm³/mol. The number of benzene rings is 1. The van der Waals surface area contributed by atoms with Gasteiger partial charge >= 0.3 is 6.18 Å². The molecule has 8 heteroatoms. The average molecular weight is 300 g/mol. The summed E-state index contributed by atoms with van der Waals surface area (Å²) >= 11 is 0. The molecular weight excluding hydrogens is 287 g/mol. The number of carbonyl (C=O) groups is 1. The molecule has 0 fully saturated rings. The zero-order chi connectivity index (χ0) is 14.0. The molecule has 0 unspecified atom stereocenters. The van der Waals surface area contributed by atoms with E-state index in [0.29, 0.717) is 6.29 Å². The summed E-state index contributed by atoms with van der Waals surface area (Å²) in [5, 5.41) is 9.26. The molecule has 1 aromatic carbocycles. The molecule has 1 rings (SSSR count). The lowest BCUT2D eigenvalue weighted by Crippen LogP contribution is -2.56. The molecule has 19 heavy (non-hydrogen) atoms. The van der Waals surface area contributed by atoms with Gasteiger partial charge in [0.25, 0.3) is 0 Å². The number of alkyl halides is 3. The van der Waals surface area contributed by atoms with Gasteiger partial charge in [0.15, 0.2) is 11.8 Å². The Labute approximate surface area is 113 Å². The summed E-state index contributed by atoms with van der Waals surface area (Å²) in [6.45, 7) is 0. The van der Waals surface area contributed by atoms with Crippen LogP contribution in [0.25, 0.3) is 0 Å². The van der Waals surface area contributed by atoms with Gasteiger partial charge in [-0.2, -0.15) is 13.2 Å². The van der Waals surface area contributed by atoms with Gasteiger partial charge < -0.3 is 9.84 Å². The Morgan fingerprint density at radius 3 is 2.42 bits per heavy atom. The first-order valence-corrected chi connectivity index (χ1v) is 4.90. The fraction of sp³-hybridized carbons (Fsp3) is 0.364. The van der Waals surface area contributed by atoms with E-state index in [1.165, 1.54) is 18.2 Å². The van der Waals surface area contributed by atoms with Gasteiger partial charge in [0.2, 0.25) is 0 Å². The quantitative estimate of drug-likeness (QED) is 0.654. The van der Waals surface area contributed by atoms with Crippen molar-refractivity contribution in [3.05, 3.63) is 35.4 Å². The molecule has 0 aliphatic carbocycles. The van der Waals surface area contributed by atoms with E-state index in [2.05, 4.69) is 4.74 Å². The third-order valence-corrected chi connectivity index (χ3v) is 2.53. The predicted octanol–water partition coefficient (Wildman–Crippen LogP) is 1.60. The molecule has 0 aliphatic rings. The standard InChI is InChI=1S/C11H12F3NO3.ClH/c1-18-10(15,9(17)11(12,13)14)8-4-2-3-7(5-8)6-16;/h2-6,9,17H,15H2,1H3;1H/t9-,10+;/m1./s1.